The number of carbonyl (C=O) groups excluding carboxylic acids is 1. The second kappa shape index (κ2) is 11.1. The highest BCUT2D eigenvalue weighted by Gasteiger charge is 2.23. The summed E-state index contributed by atoms with van der Waals surface area (Å²) in [7, 11) is -4.85. The van der Waals surface area contributed by atoms with E-state index in [4.69, 9.17) is 9.47 Å². The van der Waals surface area contributed by atoms with Crippen molar-refractivity contribution in [1.82, 2.24) is 0 Å². The molecule has 0 fully saturated rings. The monoisotopic (exact) mass is 547 g/mol. The Morgan fingerprint density at radius 3 is 2.16 bits per heavy atom. The molecule has 0 saturated carbocycles. The number of ether oxygens (including phenoxy) is 2. The summed E-state index contributed by atoms with van der Waals surface area (Å²) < 4.78 is 64.5. The normalized spacial score (nSPS) is 11.5. The molecule has 0 radical (unpaired) electrons. The third-order valence-corrected chi connectivity index (χ3v) is 7.93. The second-order valence-electron chi connectivity index (χ2n) is 8.30. The molecule has 0 spiro atoms. The van der Waals surface area contributed by atoms with Crippen molar-refractivity contribution in [2.24, 2.45) is 0 Å². The molecule has 37 heavy (non-hydrogen) atoms. The number of amides is 1. The lowest BCUT2D eigenvalue weighted by molar-refractivity contribution is -0.114. The van der Waals surface area contributed by atoms with Gasteiger partial charge in [0.1, 0.15) is 18.0 Å². The molecule has 0 atom stereocenters. The molecule has 0 aliphatic heterocycles. The summed E-state index contributed by atoms with van der Waals surface area (Å²) in [6.45, 7) is 3.15. The van der Waals surface area contributed by atoms with Crippen LogP contribution in [0, 0.1) is 13.8 Å². The van der Waals surface area contributed by atoms with E-state index in [0.717, 1.165) is 16.1 Å². The summed E-state index contributed by atoms with van der Waals surface area (Å²) in [5.41, 5.74) is 2.48. The lowest BCUT2D eigenvalue weighted by Gasteiger charge is -2.24. The fourth-order valence-corrected chi connectivity index (χ4v) is 5.48. The Hall–Kier alpha value is -3.77. The van der Waals surface area contributed by atoms with Crippen molar-refractivity contribution in [3.05, 3.63) is 71.8 Å². The third kappa shape index (κ3) is 6.92. The van der Waals surface area contributed by atoms with E-state index in [0.29, 0.717) is 28.4 Å². The van der Waals surface area contributed by atoms with Crippen LogP contribution in [0.4, 0.5) is 17.1 Å². The van der Waals surface area contributed by atoms with E-state index in [-0.39, 0.29) is 10.6 Å². The number of aryl methyl sites for hydroxylation is 2. The molecule has 10 nitrogen and oxygen atoms in total. The summed E-state index contributed by atoms with van der Waals surface area (Å²) in [6, 6.07) is 15.5. The van der Waals surface area contributed by atoms with Gasteiger partial charge in [-0.1, -0.05) is 12.1 Å². The minimum atomic E-state index is -3.99. The Morgan fingerprint density at radius 1 is 0.892 bits per heavy atom. The number of sulfonamides is 2. The number of hydrogen-bond donors (Lipinski definition) is 2. The summed E-state index contributed by atoms with van der Waals surface area (Å²) in [4.78, 5) is 12.7. The van der Waals surface area contributed by atoms with E-state index < -0.39 is 32.5 Å². The van der Waals surface area contributed by atoms with Gasteiger partial charge >= 0.3 is 0 Å². The minimum absolute atomic E-state index is 0.0523. The van der Waals surface area contributed by atoms with Crippen LogP contribution in [-0.4, -0.2) is 49.8 Å². The predicted octanol–water partition coefficient (Wildman–Crippen LogP) is 3.53. The fraction of sp³-hybridized carbons (Fsp3) is 0.240. The van der Waals surface area contributed by atoms with Gasteiger partial charge in [0.05, 0.1) is 36.7 Å². The van der Waals surface area contributed by atoms with Gasteiger partial charge in [-0.05, 0) is 67.4 Å². The van der Waals surface area contributed by atoms with E-state index in [1.54, 1.807) is 31.2 Å². The van der Waals surface area contributed by atoms with Gasteiger partial charge in [0.25, 0.3) is 10.0 Å². The Kier molecular flexibility index (Phi) is 8.34. The van der Waals surface area contributed by atoms with Crippen molar-refractivity contribution < 1.29 is 31.1 Å². The lowest BCUT2D eigenvalue weighted by Crippen LogP contribution is -2.37. The number of benzene rings is 3. The van der Waals surface area contributed by atoms with E-state index in [2.05, 4.69) is 10.0 Å². The standard InChI is InChI=1S/C25H29N3O7S2/c1-17-6-7-18(2)23(14-17)28(36(5,30)31)16-25(29)26-19-8-11-21(12-9-19)37(32,33)27-22-15-20(34-3)10-13-24(22)35-4/h6-15,27H,16H2,1-5H3,(H,26,29). The number of anilines is 3. The molecule has 1 amide bonds. The van der Waals surface area contributed by atoms with Crippen LogP contribution in [0.3, 0.4) is 0 Å². The summed E-state index contributed by atoms with van der Waals surface area (Å²) in [5.74, 6) is 0.175. The van der Waals surface area contributed by atoms with Crippen LogP contribution in [-0.2, 0) is 24.8 Å². The maximum atomic E-state index is 12.9. The number of hydrogen-bond acceptors (Lipinski definition) is 7. The van der Waals surface area contributed by atoms with Crippen LogP contribution < -0.4 is 23.8 Å². The molecule has 3 aromatic carbocycles. The first-order chi connectivity index (χ1) is 17.3. The van der Waals surface area contributed by atoms with Gasteiger partial charge < -0.3 is 14.8 Å². The van der Waals surface area contributed by atoms with Gasteiger partial charge in [-0.15, -0.1) is 0 Å². The predicted molar refractivity (Wildman–Crippen MR) is 144 cm³/mol. The molecule has 0 aliphatic carbocycles. The van der Waals surface area contributed by atoms with Crippen molar-refractivity contribution in [1.29, 1.82) is 0 Å². The van der Waals surface area contributed by atoms with Gasteiger partial charge in [-0.2, -0.15) is 0 Å². The van der Waals surface area contributed by atoms with Crippen LogP contribution in [0.2, 0.25) is 0 Å². The molecule has 0 heterocycles. The molecule has 12 heteroatoms. The zero-order chi connectivity index (χ0) is 27.4. The molecule has 0 unspecified atom stereocenters. The largest absolute Gasteiger partial charge is 0.497 e. The highest BCUT2D eigenvalue weighted by atomic mass is 32.2. The topological polar surface area (TPSA) is 131 Å². The van der Waals surface area contributed by atoms with Crippen LogP contribution in [0.15, 0.2) is 65.6 Å². The minimum Gasteiger partial charge on any atom is -0.497 e. The Bertz CT molecular complexity index is 1500. The fourth-order valence-electron chi connectivity index (χ4n) is 3.52. The van der Waals surface area contributed by atoms with Gasteiger partial charge in [0.2, 0.25) is 15.9 Å². The first kappa shape index (κ1) is 27.8. The first-order valence-electron chi connectivity index (χ1n) is 11.0. The lowest BCUT2D eigenvalue weighted by atomic mass is 10.1. The maximum Gasteiger partial charge on any atom is 0.262 e. The Balaban J connectivity index is 1.76. The van der Waals surface area contributed by atoms with E-state index in [1.807, 2.05) is 13.0 Å². The van der Waals surface area contributed by atoms with Gasteiger partial charge in [-0.3, -0.25) is 13.8 Å². The molecule has 3 rings (SSSR count). The van der Waals surface area contributed by atoms with E-state index in [1.165, 1.54) is 44.6 Å². The molecule has 0 aromatic heterocycles. The van der Waals surface area contributed by atoms with Crippen molar-refractivity contribution in [2.45, 2.75) is 18.7 Å². The molecular weight excluding hydrogens is 518 g/mol. The molecule has 198 valence electrons. The van der Waals surface area contributed by atoms with Crippen molar-refractivity contribution in [3.8, 4) is 11.5 Å². The third-order valence-electron chi connectivity index (χ3n) is 5.42. The number of carbonyl (C=O) groups is 1. The SMILES string of the molecule is COc1ccc(OC)c(NS(=O)(=O)c2ccc(NC(=O)CN(c3cc(C)ccc3C)S(C)(=O)=O)cc2)c1. The molecule has 0 aliphatic rings. The van der Waals surface area contributed by atoms with Gasteiger partial charge in [-0.25, -0.2) is 16.8 Å². The van der Waals surface area contributed by atoms with E-state index in [9.17, 15) is 21.6 Å². The molecule has 3 aromatic rings. The number of methoxy groups -OCH3 is 2. The Morgan fingerprint density at radius 2 is 1.57 bits per heavy atom. The molecular formula is C25H29N3O7S2. The van der Waals surface area contributed by atoms with Crippen LogP contribution in [0.5, 0.6) is 11.5 Å². The highest BCUT2D eigenvalue weighted by molar-refractivity contribution is 7.92. The van der Waals surface area contributed by atoms with E-state index >= 15 is 0 Å². The number of rotatable bonds is 10. The molecule has 0 saturated heterocycles. The zero-order valence-corrected chi connectivity index (χ0v) is 22.7. The first-order valence-corrected chi connectivity index (χ1v) is 14.4. The second-order valence-corrected chi connectivity index (χ2v) is 11.9. The van der Waals surface area contributed by atoms with Crippen molar-refractivity contribution in [2.75, 3.05) is 41.4 Å². The quantitative estimate of drug-likeness (QED) is 0.397. The van der Waals surface area contributed by atoms with Crippen molar-refractivity contribution in [3.63, 3.8) is 0 Å². The van der Waals surface area contributed by atoms with Gasteiger partial charge in [0.15, 0.2) is 0 Å². The highest BCUT2D eigenvalue weighted by Crippen LogP contribution is 2.31. The van der Waals surface area contributed by atoms with Crippen LogP contribution >= 0.6 is 0 Å². The van der Waals surface area contributed by atoms with Crippen molar-refractivity contribution >= 4 is 43.0 Å². The average molecular weight is 548 g/mol. The summed E-state index contributed by atoms with van der Waals surface area (Å²) in [5, 5.41) is 2.61. The maximum absolute atomic E-state index is 12.9. The number of nitrogens with zero attached hydrogens (tertiary/aromatic N) is 1. The molecule has 2 N–H and O–H groups in total. The van der Waals surface area contributed by atoms with Gasteiger partial charge in [0, 0.05) is 11.8 Å². The zero-order valence-electron chi connectivity index (χ0n) is 21.1. The summed E-state index contributed by atoms with van der Waals surface area (Å²) in [6.07, 6.45) is 1.03. The smallest absolute Gasteiger partial charge is 0.262 e. The van der Waals surface area contributed by atoms with Crippen LogP contribution in [0.25, 0.3) is 0 Å². The average Bonchev–Trinajstić information content (AvgIpc) is 2.83. The Labute approximate surface area is 217 Å². The molecule has 0 bridgehead atoms. The summed E-state index contributed by atoms with van der Waals surface area (Å²) >= 11 is 0. The number of nitrogens with one attached hydrogen (secondary N) is 2. The van der Waals surface area contributed by atoms with Crippen LogP contribution in [0.1, 0.15) is 11.1 Å².